The van der Waals surface area contributed by atoms with E-state index in [9.17, 15) is 14.0 Å². The van der Waals surface area contributed by atoms with Crippen LogP contribution in [0.2, 0.25) is 0 Å². The van der Waals surface area contributed by atoms with Crippen molar-refractivity contribution in [1.29, 1.82) is 0 Å². The highest BCUT2D eigenvalue weighted by molar-refractivity contribution is 5.79. The lowest BCUT2D eigenvalue weighted by molar-refractivity contribution is -0.136. The maximum atomic E-state index is 12.9. The van der Waals surface area contributed by atoms with Crippen LogP contribution in [0.1, 0.15) is 31.7 Å². The fourth-order valence-electron chi connectivity index (χ4n) is 3.02. The molecule has 1 aromatic rings. The first-order valence-corrected chi connectivity index (χ1v) is 7.77. The number of carbonyl (C=O) groups excluding carboxylic acids is 2. The summed E-state index contributed by atoms with van der Waals surface area (Å²) in [5.74, 6) is -0.234. The highest BCUT2D eigenvalue weighted by atomic mass is 19.1. The van der Waals surface area contributed by atoms with Crippen LogP contribution in [0, 0.1) is 17.7 Å². The van der Waals surface area contributed by atoms with E-state index in [1.807, 2.05) is 11.8 Å². The zero-order valence-corrected chi connectivity index (χ0v) is 12.9. The number of nitrogens with zero attached hydrogens (tertiary/aromatic N) is 1. The zero-order chi connectivity index (χ0) is 16.1. The summed E-state index contributed by atoms with van der Waals surface area (Å²) >= 11 is 0. The van der Waals surface area contributed by atoms with Gasteiger partial charge in [0.2, 0.25) is 11.8 Å². The van der Waals surface area contributed by atoms with Crippen LogP contribution in [-0.4, -0.2) is 29.8 Å². The fourth-order valence-corrected chi connectivity index (χ4v) is 3.02. The molecule has 1 atom stereocenters. The molecule has 1 saturated heterocycles. The Labute approximate surface area is 130 Å². The molecule has 120 valence electrons. The van der Waals surface area contributed by atoms with Crippen LogP contribution in [0.25, 0.3) is 0 Å². The Kier molecular flexibility index (Phi) is 5.52. The molecular weight excluding hydrogens is 283 g/mol. The van der Waals surface area contributed by atoms with E-state index in [1.165, 1.54) is 12.1 Å². The molecule has 0 unspecified atom stereocenters. The molecule has 0 radical (unpaired) electrons. The lowest BCUT2D eigenvalue weighted by atomic mass is 9.92. The first-order valence-electron chi connectivity index (χ1n) is 7.77. The quantitative estimate of drug-likeness (QED) is 0.905. The van der Waals surface area contributed by atoms with Gasteiger partial charge in [0, 0.05) is 25.4 Å². The predicted molar refractivity (Wildman–Crippen MR) is 82.4 cm³/mol. The molecule has 1 aliphatic rings. The number of amides is 2. The number of hydrogen-bond acceptors (Lipinski definition) is 2. The summed E-state index contributed by atoms with van der Waals surface area (Å²) in [5.41, 5.74) is 6.18. The van der Waals surface area contributed by atoms with Gasteiger partial charge in [-0.3, -0.25) is 9.59 Å². The van der Waals surface area contributed by atoms with Gasteiger partial charge in [-0.2, -0.15) is 0 Å². The Hall–Kier alpha value is -1.91. The fraction of sp³-hybridized carbons (Fsp3) is 0.529. The monoisotopic (exact) mass is 306 g/mol. The van der Waals surface area contributed by atoms with E-state index in [1.54, 1.807) is 12.1 Å². The lowest BCUT2D eigenvalue weighted by Gasteiger charge is -2.33. The van der Waals surface area contributed by atoms with E-state index in [0.29, 0.717) is 31.8 Å². The van der Waals surface area contributed by atoms with Crippen molar-refractivity contribution in [2.75, 3.05) is 13.1 Å². The zero-order valence-electron chi connectivity index (χ0n) is 12.9. The smallest absolute Gasteiger partial charge is 0.225 e. The average Bonchev–Trinajstić information content (AvgIpc) is 2.49. The summed E-state index contributed by atoms with van der Waals surface area (Å²) in [6.07, 6.45) is 2.68. The summed E-state index contributed by atoms with van der Waals surface area (Å²) < 4.78 is 12.9. The maximum Gasteiger partial charge on any atom is 0.225 e. The van der Waals surface area contributed by atoms with Gasteiger partial charge in [0.05, 0.1) is 0 Å². The Morgan fingerprint density at radius 3 is 2.41 bits per heavy atom. The number of likely N-dealkylation sites (tertiary alicyclic amines) is 1. The van der Waals surface area contributed by atoms with E-state index in [-0.39, 0.29) is 23.5 Å². The number of nitrogens with two attached hydrogens (primary N) is 1. The van der Waals surface area contributed by atoms with Crippen LogP contribution < -0.4 is 5.73 Å². The second kappa shape index (κ2) is 7.38. The van der Waals surface area contributed by atoms with Crippen molar-refractivity contribution in [2.45, 2.75) is 32.6 Å². The van der Waals surface area contributed by atoms with E-state index >= 15 is 0 Å². The number of piperidine rings is 1. The van der Waals surface area contributed by atoms with Gasteiger partial charge in [0.1, 0.15) is 5.82 Å². The average molecular weight is 306 g/mol. The molecule has 2 N–H and O–H groups in total. The van der Waals surface area contributed by atoms with Gasteiger partial charge >= 0.3 is 0 Å². The summed E-state index contributed by atoms with van der Waals surface area (Å²) in [6, 6.07) is 6.28. The second-order valence-corrected chi connectivity index (χ2v) is 6.17. The van der Waals surface area contributed by atoms with E-state index in [0.717, 1.165) is 18.4 Å². The van der Waals surface area contributed by atoms with Crippen molar-refractivity contribution in [2.24, 2.45) is 17.6 Å². The van der Waals surface area contributed by atoms with Crippen LogP contribution >= 0.6 is 0 Å². The predicted octanol–water partition coefficient (Wildman–Crippen LogP) is 2.12. The first kappa shape index (κ1) is 16.5. The maximum absolute atomic E-state index is 12.9. The van der Waals surface area contributed by atoms with Gasteiger partial charge in [0.15, 0.2) is 0 Å². The van der Waals surface area contributed by atoms with Crippen molar-refractivity contribution in [3.63, 3.8) is 0 Å². The minimum atomic E-state index is -0.269. The van der Waals surface area contributed by atoms with E-state index < -0.39 is 0 Å². The Bertz CT molecular complexity index is 522. The second-order valence-electron chi connectivity index (χ2n) is 6.17. The number of benzene rings is 1. The standard InChI is InChI=1S/C17H23FN2O2/c1-12(10-13-2-4-15(18)5-3-13)17(22)20-8-6-14(7-9-20)11-16(19)21/h2-5,12,14H,6-11H2,1H3,(H2,19,21)/t12-/m1/s1. The lowest BCUT2D eigenvalue weighted by Crippen LogP contribution is -2.42. The van der Waals surface area contributed by atoms with Crippen molar-refractivity contribution < 1.29 is 14.0 Å². The van der Waals surface area contributed by atoms with Crippen LogP contribution in [-0.2, 0) is 16.0 Å². The van der Waals surface area contributed by atoms with E-state index in [4.69, 9.17) is 5.73 Å². The third-order valence-electron chi connectivity index (χ3n) is 4.29. The molecule has 22 heavy (non-hydrogen) atoms. The van der Waals surface area contributed by atoms with Crippen LogP contribution in [0.5, 0.6) is 0 Å². The van der Waals surface area contributed by atoms with Gasteiger partial charge < -0.3 is 10.6 Å². The third kappa shape index (κ3) is 4.55. The topological polar surface area (TPSA) is 63.4 Å². The molecule has 2 rings (SSSR count). The van der Waals surface area contributed by atoms with E-state index in [2.05, 4.69) is 0 Å². The molecule has 0 aromatic heterocycles. The molecule has 4 nitrogen and oxygen atoms in total. The summed E-state index contributed by atoms with van der Waals surface area (Å²) in [7, 11) is 0. The number of primary amides is 1. The van der Waals surface area contributed by atoms with Crippen molar-refractivity contribution in [1.82, 2.24) is 4.90 Å². The summed E-state index contributed by atoms with van der Waals surface area (Å²) in [6.45, 7) is 3.27. The Morgan fingerprint density at radius 2 is 1.86 bits per heavy atom. The molecule has 2 amide bonds. The SMILES string of the molecule is C[C@H](Cc1ccc(F)cc1)C(=O)N1CCC(CC(N)=O)CC1. The van der Waals surface area contributed by atoms with Gasteiger partial charge in [-0.05, 0) is 42.9 Å². The Morgan fingerprint density at radius 1 is 1.27 bits per heavy atom. The van der Waals surface area contributed by atoms with Gasteiger partial charge in [-0.1, -0.05) is 19.1 Å². The molecule has 1 fully saturated rings. The Balaban J connectivity index is 1.84. The van der Waals surface area contributed by atoms with Gasteiger partial charge in [-0.25, -0.2) is 4.39 Å². The van der Waals surface area contributed by atoms with Crippen LogP contribution in [0.4, 0.5) is 4.39 Å². The third-order valence-corrected chi connectivity index (χ3v) is 4.29. The number of carbonyl (C=O) groups is 2. The van der Waals surface area contributed by atoms with Crippen LogP contribution in [0.15, 0.2) is 24.3 Å². The molecule has 0 saturated carbocycles. The van der Waals surface area contributed by atoms with Crippen LogP contribution in [0.3, 0.4) is 0 Å². The molecule has 5 heteroatoms. The van der Waals surface area contributed by atoms with Crippen molar-refractivity contribution in [3.05, 3.63) is 35.6 Å². The molecule has 1 heterocycles. The molecular formula is C17H23FN2O2. The van der Waals surface area contributed by atoms with Crippen molar-refractivity contribution in [3.8, 4) is 0 Å². The number of halogens is 1. The highest BCUT2D eigenvalue weighted by Crippen LogP contribution is 2.22. The minimum absolute atomic E-state index is 0.127. The largest absolute Gasteiger partial charge is 0.370 e. The number of hydrogen-bond donors (Lipinski definition) is 1. The van der Waals surface area contributed by atoms with Crippen molar-refractivity contribution >= 4 is 11.8 Å². The molecule has 0 spiro atoms. The molecule has 0 aliphatic carbocycles. The van der Waals surface area contributed by atoms with Gasteiger partial charge in [0.25, 0.3) is 0 Å². The number of rotatable bonds is 5. The van der Waals surface area contributed by atoms with Gasteiger partial charge in [-0.15, -0.1) is 0 Å². The molecule has 0 bridgehead atoms. The summed E-state index contributed by atoms with van der Waals surface area (Å²) in [4.78, 5) is 25.3. The summed E-state index contributed by atoms with van der Waals surface area (Å²) in [5, 5.41) is 0. The molecule has 1 aliphatic heterocycles. The highest BCUT2D eigenvalue weighted by Gasteiger charge is 2.26. The normalized spacial score (nSPS) is 17.3. The first-order chi connectivity index (χ1) is 10.5. The minimum Gasteiger partial charge on any atom is -0.370 e. The molecule has 1 aromatic carbocycles.